The van der Waals surface area contributed by atoms with Crippen molar-refractivity contribution in [2.24, 2.45) is 5.41 Å². The van der Waals surface area contributed by atoms with Crippen LogP contribution >= 0.6 is 23.2 Å². The second kappa shape index (κ2) is 10.2. The summed E-state index contributed by atoms with van der Waals surface area (Å²) in [5, 5.41) is 11.9. The minimum Gasteiger partial charge on any atom is -0.494 e. The second-order valence-corrected chi connectivity index (χ2v) is 11.1. The molecule has 1 aliphatic carbocycles. The molecular weight excluding hydrogens is 523 g/mol. The first kappa shape index (κ1) is 25.1. The third-order valence-corrected chi connectivity index (χ3v) is 8.22. The van der Waals surface area contributed by atoms with Gasteiger partial charge in [0.05, 0.1) is 6.61 Å². The zero-order valence-corrected chi connectivity index (χ0v) is 22.3. The van der Waals surface area contributed by atoms with Crippen molar-refractivity contribution in [2.75, 3.05) is 19.8 Å². The van der Waals surface area contributed by atoms with Gasteiger partial charge in [0.15, 0.2) is 0 Å². The summed E-state index contributed by atoms with van der Waals surface area (Å²) in [6.07, 6.45) is 3.22. The maximum absolute atomic E-state index is 13.4. The van der Waals surface area contributed by atoms with Crippen LogP contribution in [0.5, 0.6) is 11.5 Å². The molecule has 2 aliphatic rings. The number of hydrogen-bond acceptors (Lipinski definition) is 4. The van der Waals surface area contributed by atoms with Crippen molar-refractivity contribution in [2.45, 2.75) is 31.7 Å². The third-order valence-electron chi connectivity index (χ3n) is 7.73. The van der Waals surface area contributed by atoms with Gasteiger partial charge in [0.2, 0.25) is 0 Å². The van der Waals surface area contributed by atoms with E-state index in [1.54, 1.807) is 29.2 Å². The number of carbonyl (C=O) groups excluding carboxylic acids is 1. The van der Waals surface area contributed by atoms with E-state index >= 15 is 0 Å². The quantitative estimate of drug-likeness (QED) is 0.256. The number of halogens is 2. The molecule has 0 bridgehead atoms. The Morgan fingerprint density at radius 2 is 1.71 bits per heavy atom. The Bertz CT molecular complexity index is 1460. The average Bonchev–Trinajstić information content (AvgIpc) is 3.62. The van der Waals surface area contributed by atoms with Crippen LogP contribution < -0.4 is 9.47 Å². The Hall–Kier alpha value is -3.19. The van der Waals surface area contributed by atoms with Gasteiger partial charge in [0, 0.05) is 39.8 Å². The van der Waals surface area contributed by atoms with Gasteiger partial charge in [0.25, 0.3) is 0 Å². The van der Waals surface area contributed by atoms with Crippen LogP contribution in [-0.4, -0.2) is 40.8 Å². The van der Waals surface area contributed by atoms with Gasteiger partial charge in [-0.2, -0.15) is 0 Å². The van der Waals surface area contributed by atoms with Crippen LogP contribution in [0.1, 0.15) is 42.1 Å². The molecule has 2 heterocycles. The van der Waals surface area contributed by atoms with Crippen LogP contribution in [0.3, 0.4) is 0 Å². The highest BCUT2D eigenvalue weighted by Gasteiger charge is 2.41. The molecule has 1 aromatic heterocycles. The molecule has 1 saturated carbocycles. The summed E-state index contributed by atoms with van der Waals surface area (Å²) in [7, 11) is 0. The fourth-order valence-electron chi connectivity index (χ4n) is 5.26. The normalized spacial score (nSPS) is 17.8. The largest absolute Gasteiger partial charge is 0.494 e. The lowest BCUT2D eigenvalue weighted by molar-refractivity contribution is 0.135. The maximum Gasteiger partial charge on any atom is 0.416 e. The zero-order chi connectivity index (χ0) is 26.3. The SMILES string of the molecule is O=C(Oc1ccc(Cl)cc1)N1CCc2c([nH]c3ccc(Cl)cc23)[C@@H]1c1ccc(OCCC2(CO)CC2)cc1. The Labute approximate surface area is 231 Å². The van der Waals surface area contributed by atoms with Gasteiger partial charge in [0.1, 0.15) is 17.5 Å². The first-order chi connectivity index (χ1) is 18.4. The number of benzene rings is 3. The minimum atomic E-state index is -0.432. The molecule has 6 rings (SSSR count). The van der Waals surface area contributed by atoms with Crippen molar-refractivity contribution in [3.05, 3.63) is 93.6 Å². The summed E-state index contributed by atoms with van der Waals surface area (Å²) in [5.74, 6) is 1.20. The third kappa shape index (κ3) is 4.96. The number of ether oxygens (including phenoxy) is 2. The van der Waals surface area contributed by atoms with Crippen LogP contribution in [0.25, 0.3) is 10.9 Å². The molecule has 0 unspecified atom stereocenters. The Morgan fingerprint density at radius 3 is 2.42 bits per heavy atom. The lowest BCUT2D eigenvalue weighted by Crippen LogP contribution is -2.42. The Morgan fingerprint density at radius 1 is 1.00 bits per heavy atom. The molecule has 6 nitrogen and oxygen atoms in total. The first-order valence-electron chi connectivity index (χ1n) is 12.8. The van der Waals surface area contributed by atoms with E-state index in [-0.39, 0.29) is 18.1 Å². The standard InChI is InChI=1S/C30H28Cl2N2O4/c31-20-3-8-23(9-4-20)38-29(36)34-15-11-24-25-17-21(32)5-10-26(25)33-27(24)28(34)19-1-6-22(7-2-19)37-16-14-30(18-35)12-13-30/h1-10,17,28,33,35H,11-16,18H2/t28-/m0/s1. The molecule has 1 fully saturated rings. The summed E-state index contributed by atoms with van der Waals surface area (Å²) in [6, 6.07) is 20.1. The van der Waals surface area contributed by atoms with Crippen LogP contribution in [0.4, 0.5) is 4.79 Å². The summed E-state index contributed by atoms with van der Waals surface area (Å²) < 4.78 is 11.7. The molecule has 2 N–H and O–H groups in total. The van der Waals surface area contributed by atoms with E-state index in [1.807, 2.05) is 42.5 Å². The first-order valence-corrected chi connectivity index (χ1v) is 13.6. The highest BCUT2D eigenvalue weighted by molar-refractivity contribution is 6.31. The summed E-state index contributed by atoms with van der Waals surface area (Å²) >= 11 is 12.3. The van der Waals surface area contributed by atoms with Crippen molar-refractivity contribution in [3.63, 3.8) is 0 Å². The van der Waals surface area contributed by atoms with Crippen LogP contribution in [0.15, 0.2) is 66.7 Å². The van der Waals surface area contributed by atoms with Crippen molar-refractivity contribution < 1.29 is 19.4 Å². The Kier molecular flexibility index (Phi) is 6.72. The minimum absolute atomic E-state index is 0.0574. The van der Waals surface area contributed by atoms with Crippen molar-refractivity contribution in [1.29, 1.82) is 0 Å². The maximum atomic E-state index is 13.4. The molecule has 38 heavy (non-hydrogen) atoms. The van der Waals surface area contributed by atoms with Gasteiger partial charge in [-0.05, 0) is 96.8 Å². The highest BCUT2D eigenvalue weighted by Crippen LogP contribution is 2.48. The van der Waals surface area contributed by atoms with E-state index in [2.05, 4.69) is 4.98 Å². The Balaban J connectivity index is 1.29. The van der Waals surface area contributed by atoms with Gasteiger partial charge in [-0.25, -0.2) is 4.79 Å². The molecule has 0 saturated heterocycles. The number of aliphatic hydroxyl groups excluding tert-OH is 1. The molecule has 0 radical (unpaired) electrons. The molecule has 3 aromatic carbocycles. The van der Waals surface area contributed by atoms with Gasteiger partial charge < -0.3 is 19.6 Å². The summed E-state index contributed by atoms with van der Waals surface area (Å²) in [5.41, 5.74) is 4.09. The number of aromatic amines is 1. The zero-order valence-electron chi connectivity index (χ0n) is 20.8. The summed E-state index contributed by atoms with van der Waals surface area (Å²) in [4.78, 5) is 18.7. The molecule has 1 aliphatic heterocycles. The number of amides is 1. The van der Waals surface area contributed by atoms with E-state index in [0.29, 0.717) is 35.4 Å². The number of hydrogen-bond donors (Lipinski definition) is 2. The average molecular weight is 551 g/mol. The fourth-order valence-corrected chi connectivity index (χ4v) is 5.56. The monoisotopic (exact) mass is 550 g/mol. The van der Waals surface area contributed by atoms with Gasteiger partial charge >= 0.3 is 6.09 Å². The molecule has 196 valence electrons. The number of carbonyl (C=O) groups is 1. The molecular formula is C30H28Cl2N2O4. The van der Waals surface area contributed by atoms with Crippen molar-refractivity contribution in [3.8, 4) is 11.5 Å². The predicted octanol–water partition coefficient (Wildman–Crippen LogP) is 7.16. The number of nitrogens with one attached hydrogen (secondary N) is 1. The molecule has 4 aromatic rings. The highest BCUT2D eigenvalue weighted by atomic mass is 35.5. The van der Waals surface area contributed by atoms with E-state index < -0.39 is 6.09 Å². The molecule has 8 heteroatoms. The van der Waals surface area contributed by atoms with E-state index in [0.717, 1.165) is 52.7 Å². The van der Waals surface area contributed by atoms with E-state index in [1.165, 1.54) is 0 Å². The number of fused-ring (bicyclic) bond motifs is 3. The molecule has 0 spiro atoms. The van der Waals surface area contributed by atoms with Crippen LogP contribution in [0.2, 0.25) is 10.0 Å². The number of nitrogens with zero attached hydrogens (tertiary/aromatic N) is 1. The number of H-pyrrole nitrogens is 1. The summed E-state index contributed by atoms with van der Waals surface area (Å²) in [6.45, 7) is 1.28. The van der Waals surface area contributed by atoms with E-state index in [4.69, 9.17) is 32.7 Å². The molecule has 1 atom stereocenters. The number of rotatable bonds is 7. The predicted molar refractivity (Wildman–Crippen MR) is 148 cm³/mol. The van der Waals surface area contributed by atoms with Crippen LogP contribution in [-0.2, 0) is 6.42 Å². The van der Waals surface area contributed by atoms with Crippen molar-refractivity contribution in [1.82, 2.24) is 9.88 Å². The van der Waals surface area contributed by atoms with Gasteiger partial charge in [-0.1, -0.05) is 35.3 Å². The second-order valence-electron chi connectivity index (χ2n) is 10.2. The van der Waals surface area contributed by atoms with E-state index in [9.17, 15) is 9.90 Å². The number of aliphatic hydroxyl groups is 1. The smallest absolute Gasteiger partial charge is 0.416 e. The lowest BCUT2D eigenvalue weighted by atomic mass is 9.92. The molecule has 1 amide bonds. The van der Waals surface area contributed by atoms with Gasteiger partial charge in [-0.15, -0.1) is 0 Å². The van der Waals surface area contributed by atoms with Gasteiger partial charge in [-0.3, -0.25) is 4.90 Å². The number of aromatic nitrogens is 1. The van der Waals surface area contributed by atoms with Crippen molar-refractivity contribution >= 4 is 40.2 Å². The topological polar surface area (TPSA) is 74.8 Å². The lowest BCUT2D eigenvalue weighted by Gasteiger charge is -2.35. The fraction of sp³-hybridized carbons (Fsp3) is 0.300. The van der Waals surface area contributed by atoms with Crippen LogP contribution in [0, 0.1) is 5.41 Å².